The van der Waals surface area contributed by atoms with Crippen LogP contribution >= 0.6 is 0 Å². The van der Waals surface area contributed by atoms with Crippen molar-refractivity contribution in [3.8, 4) is 0 Å². The SMILES string of the molecule is CCCC=C1C=C(C)C=C(O)C1C(C)(C)C. The molecule has 1 unspecified atom stereocenters. The van der Waals surface area contributed by atoms with E-state index in [-0.39, 0.29) is 11.3 Å². The van der Waals surface area contributed by atoms with Gasteiger partial charge in [-0.1, -0.05) is 46.3 Å². The lowest BCUT2D eigenvalue weighted by atomic mass is 9.72. The molecule has 0 aliphatic heterocycles. The highest BCUT2D eigenvalue weighted by Gasteiger charge is 2.32. The van der Waals surface area contributed by atoms with Crippen LogP contribution in [-0.2, 0) is 0 Å². The molecule has 0 amide bonds. The molecular formula is C15H24O. The zero-order valence-corrected chi connectivity index (χ0v) is 11.2. The third-order valence-electron chi connectivity index (χ3n) is 2.93. The minimum absolute atomic E-state index is 0.0668. The summed E-state index contributed by atoms with van der Waals surface area (Å²) in [5, 5.41) is 10.1. The van der Waals surface area contributed by atoms with Crippen LogP contribution in [0, 0.1) is 11.3 Å². The quantitative estimate of drug-likeness (QED) is 0.710. The molecule has 1 atom stereocenters. The van der Waals surface area contributed by atoms with Gasteiger partial charge in [-0.3, -0.25) is 0 Å². The van der Waals surface area contributed by atoms with Gasteiger partial charge in [-0.25, -0.2) is 0 Å². The molecule has 1 rings (SSSR count). The lowest BCUT2D eigenvalue weighted by molar-refractivity contribution is 0.231. The Bertz CT molecular complexity index is 337. The first-order chi connectivity index (χ1) is 7.36. The number of allylic oxidation sites excluding steroid dienone is 5. The van der Waals surface area contributed by atoms with Gasteiger partial charge >= 0.3 is 0 Å². The number of unbranched alkanes of at least 4 members (excludes halogenated alkanes) is 1. The number of aliphatic hydroxyl groups is 1. The maximum absolute atomic E-state index is 10.1. The minimum Gasteiger partial charge on any atom is -0.512 e. The number of rotatable bonds is 2. The summed E-state index contributed by atoms with van der Waals surface area (Å²) in [6.07, 6.45) is 8.59. The fraction of sp³-hybridized carbons (Fsp3) is 0.600. The highest BCUT2D eigenvalue weighted by atomic mass is 16.3. The molecule has 0 aromatic carbocycles. The predicted octanol–water partition coefficient (Wildman–Crippen LogP) is 4.78. The second kappa shape index (κ2) is 4.90. The van der Waals surface area contributed by atoms with Crippen molar-refractivity contribution < 1.29 is 5.11 Å². The average Bonchev–Trinajstić information content (AvgIpc) is 2.10. The zero-order valence-electron chi connectivity index (χ0n) is 11.2. The van der Waals surface area contributed by atoms with Gasteiger partial charge in [0.15, 0.2) is 0 Å². The van der Waals surface area contributed by atoms with Crippen molar-refractivity contribution in [2.75, 3.05) is 0 Å². The summed E-state index contributed by atoms with van der Waals surface area (Å²) in [6.45, 7) is 10.7. The van der Waals surface area contributed by atoms with E-state index in [1.54, 1.807) is 0 Å². The van der Waals surface area contributed by atoms with E-state index in [1.165, 1.54) is 5.57 Å². The molecule has 0 aromatic heterocycles. The van der Waals surface area contributed by atoms with Gasteiger partial charge in [0.05, 0.1) is 0 Å². The Morgan fingerprint density at radius 2 is 1.94 bits per heavy atom. The first-order valence-electron chi connectivity index (χ1n) is 6.15. The average molecular weight is 220 g/mol. The molecule has 0 radical (unpaired) electrons. The fourth-order valence-corrected chi connectivity index (χ4v) is 2.31. The maximum Gasteiger partial charge on any atom is 0.100 e. The standard InChI is InChI=1S/C15H24O/c1-6-7-8-12-9-11(2)10-13(16)14(12)15(3,4)5/h8-10,14,16H,6-7H2,1-5H3. The van der Waals surface area contributed by atoms with E-state index in [2.05, 4.69) is 39.8 Å². The Labute approximate surface area is 99.6 Å². The van der Waals surface area contributed by atoms with Gasteiger partial charge in [0, 0.05) is 5.92 Å². The van der Waals surface area contributed by atoms with Gasteiger partial charge in [0.1, 0.15) is 5.76 Å². The van der Waals surface area contributed by atoms with Gasteiger partial charge < -0.3 is 5.11 Å². The van der Waals surface area contributed by atoms with Gasteiger partial charge in [0.2, 0.25) is 0 Å². The van der Waals surface area contributed by atoms with Crippen LogP contribution in [0.1, 0.15) is 47.5 Å². The Balaban J connectivity index is 3.08. The van der Waals surface area contributed by atoms with Crippen LogP contribution in [0.3, 0.4) is 0 Å². The van der Waals surface area contributed by atoms with Crippen LogP contribution in [0.4, 0.5) is 0 Å². The molecule has 0 fully saturated rings. The van der Waals surface area contributed by atoms with Crippen molar-refractivity contribution in [3.05, 3.63) is 35.1 Å². The molecular weight excluding hydrogens is 196 g/mol. The molecule has 0 spiro atoms. The van der Waals surface area contributed by atoms with Crippen LogP contribution in [0.5, 0.6) is 0 Å². The second-order valence-corrected chi connectivity index (χ2v) is 5.75. The van der Waals surface area contributed by atoms with E-state index in [0.29, 0.717) is 5.76 Å². The lowest BCUT2D eigenvalue weighted by Crippen LogP contribution is -2.25. The van der Waals surface area contributed by atoms with Gasteiger partial charge in [-0.15, -0.1) is 0 Å². The monoisotopic (exact) mass is 220 g/mol. The first-order valence-corrected chi connectivity index (χ1v) is 6.15. The molecule has 1 heteroatoms. The summed E-state index contributed by atoms with van der Waals surface area (Å²) in [7, 11) is 0. The first kappa shape index (κ1) is 13.1. The van der Waals surface area contributed by atoms with Gasteiger partial charge in [-0.05, 0) is 36.0 Å². The molecule has 0 heterocycles. The zero-order chi connectivity index (χ0) is 12.3. The molecule has 0 saturated carbocycles. The highest BCUT2D eigenvalue weighted by molar-refractivity contribution is 5.41. The van der Waals surface area contributed by atoms with E-state index >= 15 is 0 Å². The largest absolute Gasteiger partial charge is 0.512 e. The van der Waals surface area contributed by atoms with E-state index in [1.807, 2.05) is 13.0 Å². The maximum atomic E-state index is 10.1. The van der Waals surface area contributed by atoms with Gasteiger partial charge in [0.25, 0.3) is 0 Å². The predicted molar refractivity (Wildman–Crippen MR) is 70.4 cm³/mol. The van der Waals surface area contributed by atoms with Crippen LogP contribution in [-0.4, -0.2) is 5.11 Å². The topological polar surface area (TPSA) is 20.2 Å². The summed E-state index contributed by atoms with van der Waals surface area (Å²) in [5.74, 6) is 0.651. The third kappa shape index (κ3) is 3.01. The highest BCUT2D eigenvalue weighted by Crippen LogP contribution is 2.40. The van der Waals surface area contributed by atoms with Crippen LogP contribution in [0.25, 0.3) is 0 Å². The Kier molecular flexibility index (Phi) is 4.01. The number of hydrogen-bond donors (Lipinski definition) is 1. The van der Waals surface area contributed by atoms with E-state index in [4.69, 9.17) is 0 Å². The molecule has 0 saturated heterocycles. The Morgan fingerprint density at radius 1 is 1.31 bits per heavy atom. The lowest BCUT2D eigenvalue weighted by Gasteiger charge is -2.33. The summed E-state index contributed by atoms with van der Waals surface area (Å²) in [4.78, 5) is 0. The second-order valence-electron chi connectivity index (χ2n) is 5.75. The molecule has 1 aliphatic carbocycles. The third-order valence-corrected chi connectivity index (χ3v) is 2.93. The molecule has 1 nitrogen and oxygen atoms in total. The summed E-state index contributed by atoms with van der Waals surface area (Å²) in [5.41, 5.74) is 2.48. The molecule has 1 N–H and O–H groups in total. The van der Waals surface area contributed by atoms with Crippen molar-refractivity contribution in [2.45, 2.75) is 47.5 Å². The molecule has 16 heavy (non-hydrogen) atoms. The molecule has 0 bridgehead atoms. The molecule has 0 aromatic rings. The minimum atomic E-state index is 0.0668. The molecule has 1 aliphatic rings. The van der Waals surface area contributed by atoms with E-state index < -0.39 is 0 Å². The Hall–Kier alpha value is -0.980. The molecule has 90 valence electrons. The van der Waals surface area contributed by atoms with Crippen molar-refractivity contribution in [3.63, 3.8) is 0 Å². The van der Waals surface area contributed by atoms with Crippen LogP contribution < -0.4 is 0 Å². The fourth-order valence-electron chi connectivity index (χ4n) is 2.31. The van der Waals surface area contributed by atoms with Crippen LogP contribution in [0.2, 0.25) is 0 Å². The summed E-state index contributed by atoms with van der Waals surface area (Å²) in [6, 6.07) is 0. The van der Waals surface area contributed by atoms with Crippen LogP contribution in [0.15, 0.2) is 35.1 Å². The van der Waals surface area contributed by atoms with Gasteiger partial charge in [-0.2, -0.15) is 0 Å². The van der Waals surface area contributed by atoms with E-state index in [0.717, 1.165) is 18.4 Å². The Morgan fingerprint density at radius 3 is 2.44 bits per heavy atom. The van der Waals surface area contributed by atoms with Crippen molar-refractivity contribution in [1.29, 1.82) is 0 Å². The number of aliphatic hydroxyl groups excluding tert-OH is 1. The van der Waals surface area contributed by atoms with Crippen molar-refractivity contribution in [1.82, 2.24) is 0 Å². The summed E-state index contributed by atoms with van der Waals surface area (Å²) >= 11 is 0. The van der Waals surface area contributed by atoms with Crippen molar-refractivity contribution >= 4 is 0 Å². The normalized spacial score (nSPS) is 24.3. The smallest absolute Gasteiger partial charge is 0.100 e. The van der Waals surface area contributed by atoms with E-state index in [9.17, 15) is 5.11 Å². The van der Waals surface area contributed by atoms with Crippen molar-refractivity contribution in [2.24, 2.45) is 11.3 Å². The number of hydrogen-bond acceptors (Lipinski definition) is 1. The summed E-state index contributed by atoms with van der Waals surface area (Å²) < 4.78 is 0.